The summed E-state index contributed by atoms with van der Waals surface area (Å²) in [5.74, 6) is -2.89. The van der Waals surface area contributed by atoms with Crippen LogP contribution in [0.4, 0.5) is 0 Å². The van der Waals surface area contributed by atoms with Crippen LogP contribution in [-0.2, 0) is 28.6 Å². The van der Waals surface area contributed by atoms with Gasteiger partial charge in [0.15, 0.2) is 5.92 Å². The molecule has 0 aromatic heterocycles. The first-order valence-corrected chi connectivity index (χ1v) is 8.47. The molecule has 1 aliphatic heterocycles. The molecule has 0 N–H and O–H groups in total. The van der Waals surface area contributed by atoms with Crippen molar-refractivity contribution in [1.82, 2.24) is 0 Å². The molecule has 2 rings (SSSR count). The van der Waals surface area contributed by atoms with E-state index in [1.807, 2.05) is 24.3 Å². The van der Waals surface area contributed by atoms with E-state index in [2.05, 4.69) is 5.16 Å². The number of rotatable bonds is 7. The highest BCUT2D eigenvalue weighted by Crippen LogP contribution is 2.37. The quantitative estimate of drug-likeness (QED) is 0.530. The smallest absolute Gasteiger partial charge is 0.320 e. The number of carbonyl (C=O) groups excluding carboxylic acids is 2. The Morgan fingerprint density at radius 2 is 1.74 bits per heavy atom. The van der Waals surface area contributed by atoms with E-state index < -0.39 is 23.6 Å². The van der Waals surface area contributed by atoms with Crippen LogP contribution >= 0.6 is 0 Å². The molecular weight excluding hydrogens is 354 g/mol. The van der Waals surface area contributed by atoms with Crippen molar-refractivity contribution >= 4 is 17.7 Å². The van der Waals surface area contributed by atoms with E-state index in [0.29, 0.717) is 12.1 Å². The maximum atomic E-state index is 12.0. The number of carbonyl (C=O) groups is 2. The minimum Gasteiger partial charge on any atom is -0.497 e. The predicted molar refractivity (Wildman–Crippen MR) is 96.4 cm³/mol. The van der Waals surface area contributed by atoms with Gasteiger partial charge in [-0.1, -0.05) is 17.3 Å². The van der Waals surface area contributed by atoms with E-state index in [1.165, 1.54) is 21.3 Å². The van der Waals surface area contributed by atoms with Crippen molar-refractivity contribution in [3.63, 3.8) is 0 Å². The lowest BCUT2D eigenvalue weighted by Gasteiger charge is -2.35. The molecule has 0 bridgehead atoms. The Kier molecular flexibility index (Phi) is 6.79. The van der Waals surface area contributed by atoms with E-state index in [9.17, 15) is 9.59 Å². The molecule has 8 nitrogen and oxygen atoms in total. The SMILES string of the molecule is COC(=O)C(CC1=NO[C@](C)(OC)C[C@H]1c1ccc(OC)cc1)C(=O)OC. The maximum absolute atomic E-state index is 12.0. The van der Waals surface area contributed by atoms with Crippen molar-refractivity contribution in [2.75, 3.05) is 28.4 Å². The Bertz CT molecular complexity index is 685. The van der Waals surface area contributed by atoms with Gasteiger partial charge in [0, 0.05) is 32.8 Å². The highest BCUT2D eigenvalue weighted by atomic mass is 16.8. The molecule has 0 fully saturated rings. The van der Waals surface area contributed by atoms with Crippen molar-refractivity contribution in [2.24, 2.45) is 11.1 Å². The van der Waals surface area contributed by atoms with Crippen molar-refractivity contribution in [3.05, 3.63) is 29.8 Å². The number of ether oxygens (including phenoxy) is 4. The first-order chi connectivity index (χ1) is 12.9. The van der Waals surface area contributed by atoms with E-state index in [0.717, 1.165) is 11.3 Å². The van der Waals surface area contributed by atoms with Crippen molar-refractivity contribution in [3.8, 4) is 5.75 Å². The third-order valence-electron chi connectivity index (χ3n) is 4.67. The maximum Gasteiger partial charge on any atom is 0.320 e. The summed E-state index contributed by atoms with van der Waals surface area (Å²) in [4.78, 5) is 29.6. The second-order valence-corrected chi connectivity index (χ2v) is 6.34. The summed E-state index contributed by atoms with van der Waals surface area (Å²) in [6.45, 7) is 1.78. The van der Waals surface area contributed by atoms with Gasteiger partial charge in [0.1, 0.15) is 5.75 Å². The Labute approximate surface area is 158 Å². The number of hydrogen-bond donors (Lipinski definition) is 0. The lowest BCUT2D eigenvalue weighted by atomic mass is 9.83. The average molecular weight is 379 g/mol. The zero-order valence-corrected chi connectivity index (χ0v) is 16.2. The molecule has 1 aromatic rings. The molecule has 27 heavy (non-hydrogen) atoms. The Hall–Kier alpha value is -2.61. The van der Waals surface area contributed by atoms with Crippen LogP contribution in [0.3, 0.4) is 0 Å². The van der Waals surface area contributed by atoms with Crippen LogP contribution in [0.2, 0.25) is 0 Å². The number of oxime groups is 1. The van der Waals surface area contributed by atoms with Gasteiger partial charge in [0.05, 0.1) is 27.0 Å². The second kappa shape index (κ2) is 8.85. The number of nitrogens with zero attached hydrogens (tertiary/aromatic N) is 1. The first-order valence-electron chi connectivity index (χ1n) is 8.47. The summed E-state index contributed by atoms with van der Waals surface area (Å²) in [6.07, 6.45) is 0.486. The van der Waals surface area contributed by atoms with Gasteiger partial charge in [0.2, 0.25) is 5.79 Å². The molecule has 0 amide bonds. The van der Waals surface area contributed by atoms with Gasteiger partial charge >= 0.3 is 11.9 Å². The van der Waals surface area contributed by atoms with Crippen molar-refractivity contribution in [1.29, 1.82) is 0 Å². The van der Waals surface area contributed by atoms with Gasteiger partial charge in [0.25, 0.3) is 0 Å². The lowest BCUT2D eigenvalue weighted by molar-refractivity contribution is -0.221. The molecular formula is C19H25NO7. The minimum atomic E-state index is -1.12. The standard InChI is InChI=1S/C19H25NO7/c1-19(26-5)11-15(12-6-8-13(23-2)9-7-12)16(20-27-19)10-14(17(21)24-3)18(22)25-4/h6-9,14-15H,10-11H2,1-5H3/t15-,19-/m0/s1. The van der Waals surface area contributed by atoms with E-state index in [4.69, 9.17) is 23.8 Å². The summed E-state index contributed by atoms with van der Waals surface area (Å²) in [5.41, 5.74) is 1.48. The molecule has 0 saturated heterocycles. The fourth-order valence-corrected chi connectivity index (χ4v) is 2.95. The summed E-state index contributed by atoms with van der Waals surface area (Å²) in [7, 11) is 5.58. The van der Waals surface area contributed by atoms with Crippen LogP contribution < -0.4 is 4.74 Å². The molecule has 0 aliphatic carbocycles. The van der Waals surface area contributed by atoms with E-state index >= 15 is 0 Å². The Morgan fingerprint density at radius 3 is 2.22 bits per heavy atom. The third kappa shape index (κ3) is 4.77. The summed E-state index contributed by atoms with van der Waals surface area (Å²) in [5, 5.41) is 4.17. The van der Waals surface area contributed by atoms with Gasteiger partial charge in [-0.25, -0.2) is 0 Å². The average Bonchev–Trinajstić information content (AvgIpc) is 2.71. The second-order valence-electron chi connectivity index (χ2n) is 6.34. The number of esters is 2. The van der Waals surface area contributed by atoms with Gasteiger partial charge in [-0.2, -0.15) is 0 Å². The number of benzene rings is 1. The Balaban J connectivity index is 2.36. The molecule has 0 radical (unpaired) electrons. The highest BCUT2D eigenvalue weighted by molar-refractivity contribution is 6.02. The molecule has 1 aliphatic rings. The van der Waals surface area contributed by atoms with Gasteiger partial charge < -0.3 is 23.8 Å². The van der Waals surface area contributed by atoms with Gasteiger partial charge in [-0.05, 0) is 17.7 Å². The van der Waals surface area contributed by atoms with Crippen LogP contribution in [0.15, 0.2) is 29.4 Å². The zero-order chi connectivity index (χ0) is 20.0. The van der Waals surface area contributed by atoms with Crippen LogP contribution in [0.1, 0.15) is 31.2 Å². The molecule has 8 heteroatoms. The summed E-state index contributed by atoms with van der Waals surface area (Å²) >= 11 is 0. The highest BCUT2D eigenvalue weighted by Gasteiger charge is 2.41. The van der Waals surface area contributed by atoms with Gasteiger partial charge in [-0.15, -0.1) is 0 Å². The molecule has 2 atom stereocenters. The van der Waals surface area contributed by atoms with Crippen LogP contribution in [-0.4, -0.2) is 51.9 Å². The van der Waals surface area contributed by atoms with Crippen LogP contribution in [0.25, 0.3) is 0 Å². The fourth-order valence-electron chi connectivity index (χ4n) is 2.95. The van der Waals surface area contributed by atoms with E-state index in [-0.39, 0.29) is 12.3 Å². The number of methoxy groups -OCH3 is 4. The zero-order valence-electron chi connectivity index (χ0n) is 16.2. The molecule has 0 saturated carbocycles. The molecule has 0 spiro atoms. The molecule has 1 aromatic carbocycles. The van der Waals surface area contributed by atoms with Crippen molar-refractivity contribution < 1.29 is 33.4 Å². The monoisotopic (exact) mass is 379 g/mol. The largest absolute Gasteiger partial charge is 0.497 e. The topological polar surface area (TPSA) is 92.7 Å². The number of hydrogen-bond acceptors (Lipinski definition) is 8. The van der Waals surface area contributed by atoms with Crippen LogP contribution in [0.5, 0.6) is 5.75 Å². The fraction of sp³-hybridized carbons (Fsp3) is 0.526. The van der Waals surface area contributed by atoms with Crippen molar-refractivity contribution in [2.45, 2.75) is 31.5 Å². The summed E-state index contributed by atoms with van der Waals surface area (Å²) in [6, 6.07) is 7.49. The molecule has 148 valence electrons. The lowest BCUT2D eigenvalue weighted by Crippen LogP contribution is -2.40. The predicted octanol–water partition coefficient (Wildman–Crippen LogP) is 2.27. The van der Waals surface area contributed by atoms with Crippen LogP contribution in [0, 0.1) is 5.92 Å². The Morgan fingerprint density at radius 1 is 1.15 bits per heavy atom. The molecule has 0 unspecified atom stereocenters. The van der Waals surface area contributed by atoms with Gasteiger partial charge in [-0.3, -0.25) is 9.59 Å². The normalized spacial score (nSPS) is 21.9. The molecule has 1 heterocycles. The third-order valence-corrected chi connectivity index (χ3v) is 4.67. The van der Waals surface area contributed by atoms with E-state index in [1.54, 1.807) is 14.0 Å². The minimum absolute atomic E-state index is 0.0236. The first kappa shape index (κ1) is 20.7. The summed E-state index contributed by atoms with van der Waals surface area (Å²) < 4.78 is 20.1.